The molecule has 2 aliphatic heterocycles. The van der Waals surface area contributed by atoms with Gasteiger partial charge in [-0.05, 0) is 94.4 Å². The van der Waals surface area contributed by atoms with Crippen LogP contribution < -0.4 is 14.9 Å². The van der Waals surface area contributed by atoms with Crippen LogP contribution in [0.25, 0.3) is 21.9 Å². The van der Waals surface area contributed by atoms with Crippen LogP contribution in [0.15, 0.2) is 143 Å². The molecule has 56 heavy (non-hydrogen) atoms. The molecule has 2 aliphatic rings. The van der Waals surface area contributed by atoms with Crippen LogP contribution in [-0.4, -0.2) is 62.1 Å². The van der Waals surface area contributed by atoms with Crippen molar-refractivity contribution in [3.63, 3.8) is 0 Å². The lowest BCUT2D eigenvalue weighted by atomic mass is 9.92. The molecule has 0 radical (unpaired) electrons. The van der Waals surface area contributed by atoms with Gasteiger partial charge >= 0.3 is 0 Å². The van der Waals surface area contributed by atoms with Crippen LogP contribution in [0.1, 0.15) is 27.9 Å². The molecule has 284 valence electrons. The Kier molecular flexibility index (Phi) is 10.8. The largest absolute Gasteiger partial charge is 0.379 e. The van der Waals surface area contributed by atoms with Crippen molar-refractivity contribution >= 4 is 55.5 Å². The molecule has 0 aliphatic carbocycles. The quantitative estimate of drug-likeness (QED) is 0.0545. The van der Waals surface area contributed by atoms with Crippen LogP contribution in [0, 0.1) is 10.1 Å². The molecule has 6 aromatic rings. The normalized spacial score (nSPS) is 15.5. The van der Waals surface area contributed by atoms with Crippen molar-refractivity contribution < 1.29 is 18.1 Å². The number of nitro benzene ring substituents is 1. The monoisotopic (exact) mass is 783 g/mol. The van der Waals surface area contributed by atoms with Crippen LogP contribution in [0.5, 0.6) is 0 Å². The molecule has 1 amide bonds. The molecule has 2 heterocycles. The van der Waals surface area contributed by atoms with Crippen molar-refractivity contribution in [2.75, 3.05) is 42.1 Å². The smallest absolute Gasteiger partial charge is 0.293 e. The molecule has 2 N–H and O–H groups in total. The summed E-state index contributed by atoms with van der Waals surface area (Å²) in [4.78, 5) is 30.3. The molecule has 1 atom stereocenters. The lowest BCUT2D eigenvalue weighted by Gasteiger charge is -2.46. The number of carbonyl (C=O) groups excluding carboxylic acids is 1. The Bertz CT molecular complexity index is 2530. The van der Waals surface area contributed by atoms with Crippen molar-refractivity contribution in [1.29, 1.82) is 0 Å². The standard InChI is InChI=1S/C44H41N5O5S2/c50-44(46-56(53,54)39-19-20-41(43(28-39)49(51)52)45-22-25-55-38-11-2-1-3-12-38)35-17-21-42-34(27-35)16-18-37-30-47(23-24-48(37)42)29-36-10-6-7-13-40(36)33-15-14-31-8-4-5-9-32(31)26-33/h1-15,17,19-21,26-28,37,45H,16,18,22-25,29-30H2,(H,46,50). The number of sulfonamides is 1. The number of benzene rings is 6. The fraction of sp³-hybridized carbons (Fsp3) is 0.205. The molecule has 0 saturated carbocycles. The fourth-order valence-corrected chi connectivity index (χ4v) is 9.57. The Labute approximate surface area is 330 Å². The fourth-order valence-electron chi connectivity index (χ4n) is 7.78. The summed E-state index contributed by atoms with van der Waals surface area (Å²) in [6.45, 7) is 3.92. The number of anilines is 2. The number of rotatable bonds is 12. The highest BCUT2D eigenvalue weighted by molar-refractivity contribution is 7.99. The highest BCUT2D eigenvalue weighted by Crippen LogP contribution is 2.35. The minimum Gasteiger partial charge on any atom is -0.379 e. The van der Waals surface area contributed by atoms with Crippen molar-refractivity contribution in [3.8, 4) is 11.1 Å². The summed E-state index contributed by atoms with van der Waals surface area (Å²) >= 11 is 1.60. The van der Waals surface area contributed by atoms with Crippen LogP contribution in [0.2, 0.25) is 0 Å². The summed E-state index contributed by atoms with van der Waals surface area (Å²) in [7, 11) is -4.40. The SMILES string of the molecule is O=C(NS(=O)(=O)c1ccc(NCCSc2ccccc2)c([N+](=O)[O-])c1)c1ccc2c(c1)CCC1CN(Cc3ccccc3-c3ccc4ccccc4c3)CCN21. The first-order valence-corrected chi connectivity index (χ1v) is 21.1. The van der Waals surface area contributed by atoms with Crippen LogP contribution in [-0.2, 0) is 23.0 Å². The molecule has 0 bridgehead atoms. The maximum Gasteiger partial charge on any atom is 0.293 e. The van der Waals surface area contributed by atoms with Crippen LogP contribution in [0.3, 0.4) is 0 Å². The van der Waals surface area contributed by atoms with Gasteiger partial charge in [-0.1, -0.05) is 78.9 Å². The molecule has 10 nitrogen and oxygen atoms in total. The molecule has 1 saturated heterocycles. The van der Waals surface area contributed by atoms with Gasteiger partial charge in [-0.15, -0.1) is 11.8 Å². The first-order valence-electron chi connectivity index (χ1n) is 18.7. The van der Waals surface area contributed by atoms with E-state index in [2.05, 4.69) is 86.6 Å². The lowest BCUT2D eigenvalue weighted by Crippen LogP contribution is -2.54. The number of nitrogens with zero attached hydrogens (tertiary/aromatic N) is 3. The second-order valence-electron chi connectivity index (χ2n) is 14.1. The number of piperazine rings is 1. The van der Waals surface area contributed by atoms with E-state index in [9.17, 15) is 23.3 Å². The first-order chi connectivity index (χ1) is 27.2. The van der Waals surface area contributed by atoms with Gasteiger partial charge in [-0.25, -0.2) is 13.1 Å². The van der Waals surface area contributed by atoms with Gasteiger partial charge in [0.15, 0.2) is 0 Å². The Morgan fingerprint density at radius 2 is 1.62 bits per heavy atom. The summed E-state index contributed by atoms with van der Waals surface area (Å²) in [6, 6.07) is 42.8. The van der Waals surface area contributed by atoms with E-state index in [1.165, 1.54) is 39.6 Å². The summed E-state index contributed by atoms with van der Waals surface area (Å²) in [5.41, 5.74) is 5.87. The summed E-state index contributed by atoms with van der Waals surface area (Å²) in [6.07, 6.45) is 1.67. The lowest BCUT2D eigenvalue weighted by molar-refractivity contribution is -0.384. The number of nitrogens with one attached hydrogen (secondary N) is 2. The minimum atomic E-state index is -4.40. The summed E-state index contributed by atoms with van der Waals surface area (Å²) in [5.74, 6) is -0.135. The number of thioether (sulfide) groups is 1. The van der Waals surface area contributed by atoms with E-state index in [4.69, 9.17) is 0 Å². The summed E-state index contributed by atoms with van der Waals surface area (Å²) in [5, 5.41) is 17.4. The van der Waals surface area contributed by atoms with Crippen molar-refractivity contribution in [2.24, 2.45) is 0 Å². The number of nitro groups is 1. The maximum absolute atomic E-state index is 13.3. The van der Waals surface area contributed by atoms with Crippen LogP contribution >= 0.6 is 11.8 Å². The van der Waals surface area contributed by atoms with Crippen molar-refractivity contribution in [2.45, 2.75) is 35.2 Å². The molecule has 1 fully saturated rings. The number of carbonyl (C=O) groups is 1. The van der Waals surface area contributed by atoms with Gasteiger partial charge in [-0.2, -0.15) is 0 Å². The van der Waals surface area contributed by atoms with E-state index >= 15 is 0 Å². The van der Waals surface area contributed by atoms with Crippen LogP contribution in [0.4, 0.5) is 17.1 Å². The molecular weight excluding hydrogens is 743 g/mol. The Morgan fingerprint density at radius 3 is 2.46 bits per heavy atom. The van der Waals surface area contributed by atoms with E-state index in [1.807, 2.05) is 36.4 Å². The molecule has 8 rings (SSSR count). The molecule has 0 aromatic heterocycles. The molecule has 12 heteroatoms. The van der Waals surface area contributed by atoms with E-state index in [-0.39, 0.29) is 21.8 Å². The zero-order chi connectivity index (χ0) is 38.6. The number of hydrogen-bond donors (Lipinski definition) is 2. The maximum atomic E-state index is 13.3. The van der Waals surface area contributed by atoms with Gasteiger partial charge in [0.2, 0.25) is 0 Å². The number of hydrogen-bond acceptors (Lipinski definition) is 9. The Balaban J connectivity index is 0.900. The minimum absolute atomic E-state index is 0.202. The molecule has 6 aromatic carbocycles. The highest BCUT2D eigenvalue weighted by atomic mass is 32.2. The summed E-state index contributed by atoms with van der Waals surface area (Å²) < 4.78 is 28.8. The number of amides is 1. The Morgan fingerprint density at radius 1 is 0.839 bits per heavy atom. The first kappa shape index (κ1) is 37.2. The zero-order valence-electron chi connectivity index (χ0n) is 30.6. The van der Waals surface area contributed by atoms with Gasteiger partial charge in [-0.3, -0.25) is 19.8 Å². The Hall–Kier alpha value is -5.69. The van der Waals surface area contributed by atoms with Gasteiger partial charge in [0, 0.05) is 66.7 Å². The average molecular weight is 784 g/mol. The number of fused-ring (bicyclic) bond motifs is 4. The number of aryl methyl sites for hydroxylation is 1. The highest BCUT2D eigenvalue weighted by Gasteiger charge is 2.33. The van der Waals surface area contributed by atoms with Gasteiger partial charge in [0.1, 0.15) is 5.69 Å². The zero-order valence-corrected chi connectivity index (χ0v) is 32.3. The van der Waals surface area contributed by atoms with E-state index < -0.39 is 20.9 Å². The predicted molar refractivity (Wildman–Crippen MR) is 224 cm³/mol. The van der Waals surface area contributed by atoms with Crippen molar-refractivity contribution in [3.05, 3.63) is 160 Å². The van der Waals surface area contributed by atoms with E-state index in [1.54, 1.807) is 23.9 Å². The second kappa shape index (κ2) is 16.2. The topological polar surface area (TPSA) is 125 Å². The molecule has 1 unspecified atom stereocenters. The third-order valence-corrected chi connectivity index (χ3v) is 12.9. The third kappa shape index (κ3) is 8.13. The van der Waals surface area contributed by atoms with Gasteiger partial charge < -0.3 is 10.2 Å². The van der Waals surface area contributed by atoms with Gasteiger partial charge in [0.25, 0.3) is 21.6 Å². The molecular formula is C44H41N5O5S2. The van der Waals surface area contributed by atoms with Gasteiger partial charge in [0.05, 0.1) is 9.82 Å². The second-order valence-corrected chi connectivity index (χ2v) is 17.0. The predicted octanol–water partition coefficient (Wildman–Crippen LogP) is 8.37. The van der Waals surface area contributed by atoms with Crippen molar-refractivity contribution in [1.82, 2.24) is 9.62 Å². The molecule has 0 spiro atoms. The van der Waals surface area contributed by atoms with E-state index in [0.29, 0.717) is 18.3 Å². The average Bonchev–Trinajstić information content (AvgIpc) is 3.22. The third-order valence-electron chi connectivity index (χ3n) is 10.6. The van der Waals surface area contributed by atoms with E-state index in [0.717, 1.165) is 61.2 Å².